The first kappa shape index (κ1) is 11.4. The topological polar surface area (TPSA) is 56.7 Å². The maximum atomic E-state index is 13.6. The van der Waals surface area contributed by atoms with Gasteiger partial charge in [0.2, 0.25) is 0 Å². The molecule has 5 heteroatoms. The van der Waals surface area contributed by atoms with Gasteiger partial charge in [-0.05, 0) is 12.1 Å². The van der Waals surface area contributed by atoms with E-state index in [4.69, 9.17) is 5.73 Å². The highest BCUT2D eigenvalue weighted by molar-refractivity contribution is 5.75. The molecule has 19 heavy (non-hydrogen) atoms. The van der Waals surface area contributed by atoms with E-state index < -0.39 is 5.82 Å². The summed E-state index contributed by atoms with van der Waals surface area (Å²) >= 11 is 0. The molecular weight excluding hydrogens is 243 g/mol. The summed E-state index contributed by atoms with van der Waals surface area (Å²) < 4.78 is 15.1. The number of nitrogens with two attached hydrogens (primary N) is 1. The number of pyridine rings is 1. The highest BCUT2D eigenvalue weighted by atomic mass is 19.1. The number of nitrogen functional groups attached to an aromatic ring is 1. The van der Waals surface area contributed by atoms with E-state index >= 15 is 0 Å². The van der Waals surface area contributed by atoms with Gasteiger partial charge in [-0.3, -0.25) is 4.98 Å². The van der Waals surface area contributed by atoms with Gasteiger partial charge in [-0.25, -0.2) is 9.07 Å². The van der Waals surface area contributed by atoms with Crippen LogP contribution in [0.15, 0.2) is 55.1 Å². The molecule has 0 unspecified atom stereocenters. The summed E-state index contributed by atoms with van der Waals surface area (Å²) in [5.74, 6) is -0.418. The molecule has 0 aliphatic heterocycles. The molecule has 0 bridgehead atoms. The molecular formula is C14H11FN4. The van der Waals surface area contributed by atoms with E-state index in [1.807, 2.05) is 24.3 Å². The summed E-state index contributed by atoms with van der Waals surface area (Å²) in [6.45, 7) is 0. The minimum atomic E-state index is -0.418. The third-order valence-corrected chi connectivity index (χ3v) is 2.85. The molecule has 2 N–H and O–H groups in total. The van der Waals surface area contributed by atoms with Crippen molar-refractivity contribution in [1.29, 1.82) is 0 Å². The molecule has 1 aromatic carbocycles. The van der Waals surface area contributed by atoms with Gasteiger partial charge < -0.3 is 5.73 Å². The number of aromatic nitrogens is 3. The third-order valence-electron chi connectivity index (χ3n) is 2.85. The Morgan fingerprint density at radius 1 is 1.11 bits per heavy atom. The van der Waals surface area contributed by atoms with Crippen LogP contribution in [0.1, 0.15) is 0 Å². The van der Waals surface area contributed by atoms with Gasteiger partial charge in [0, 0.05) is 29.2 Å². The summed E-state index contributed by atoms with van der Waals surface area (Å²) in [7, 11) is 0. The highest BCUT2D eigenvalue weighted by Crippen LogP contribution is 2.25. The van der Waals surface area contributed by atoms with Crippen LogP contribution >= 0.6 is 0 Å². The zero-order valence-electron chi connectivity index (χ0n) is 9.99. The number of rotatable bonds is 2. The lowest BCUT2D eigenvalue weighted by molar-refractivity contribution is 0.604. The second-order valence-corrected chi connectivity index (χ2v) is 4.09. The lowest BCUT2D eigenvalue weighted by Gasteiger charge is -2.02. The Morgan fingerprint density at radius 2 is 1.95 bits per heavy atom. The quantitative estimate of drug-likeness (QED) is 0.715. The van der Waals surface area contributed by atoms with Crippen LogP contribution in [0.3, 0.4) is 0 Å². The second kappa shape index (κ2) is 4.53. The van der Waals surface area contributed by atoms with Crippen molar-refractivity contribution in [3.63, 3.8) is 0 Å². The fourth-order valence-electron chi connectivity index (χ4n) is 1.91. The molecule has 2 heterocycles. The Morgan fingerprint density at radius 3 is 2.74 bits per heavy atom. The molecule has 0 aliphatic rings. The first-order chi connectivity index (χ1) is 9.25. The summed E-state index contributed by atoms with van der Waals surface area (Å²) in [6, 6.07) is 9.06. The van der Waals surface area contributed by atoms with E-state index in [0.29, 0.717) is 11.4 Å². The molecule has 2 aromatic heterocycles. The summed E-state index contributed by atoms with van der Waals surface area (Å²) in [5, 5.41) is 4.16. The number of nitrogens with zero attached hydrogens (tertiary/aromatic N) is 3. The zero-order chi connectivity index (χ0) is 13.2. The fourth-order valence-corrected chi connectivity index (χ4v) is 1.91. The zero-order valence-corrected chi connectivity index (χ0v) is 9.99. The van der Waals surface area contributed by atoms with Gasteiger partial charge in [0.05, 0.1) is 12.4 Å². The number of halogens is 1. The molecule has 0 radical (unpaired) electrons. The maximum Gasteiger partial charge on any atom is 0.167 e. The van der Waals surface area contributed by atoms with Crippen molar-refractivity contribution in [2.24, 2.45) is 0 Å². The molecule has 0 saturated heterocycles. The van der Waals surface area contributed by atoms with Gasteiger partial charge in [0.25, 0.3) is 0 Å². The smallest absolute Gasteiger partial charge is 0.167 e. The van der Waals surface area contributed by atoms with E-state index in [9.17, 15) is 4.39 Å². The van der Waals surface area contributed by atoms with E-state index in [-0.39, 0.29) is 0 Å². The first-order valence-corrected chi connectivity index (χ1v) is 5.75. The van der Waals surface area contributed by atoms with Crippen LogP contribution < -0.4 is 5.73 Å². The van der Waals surface area contributed by atoms with Gasteiger partial charge in [-0.15, -0.1) is 0 Å². The van der Waals surface area contributed by atoms with Crippen molar-refractivity contribution in [1.82, 2.24) is 14.8 Å². The van der Waals surface area contributed by atoms with E-state index in [0.717, 1.165) is 17.3 Å². The molecule has 0 saturated carbocycles. The van der Waals surface area contributed by atoms with E-state index in [1.54, 1.807) is 18.5 Å². The predicted molar refractivity (Wildman–Crippen MR) is 71.2 cm³/mol. The molecule has 0 spiro atoms. The average molecular weight is 254 g/mol. The first-order valence-electron chi connectivity index (χ1n) is 5.75. The van der Waals surface area contributed by atoms with E-state index in [1.165, 1.54) is 10.9 Å². The lowest BCUT2D eigenvalue weighted by atomic mass is 10.1. The van der Waals surface area contributed by atoms with Gasteiger partial charge in [0.1, 0.15) is 5.69 Å². The molecule has 0 fully saturated rings. The number of anilines is 1. The van der Waals surface area contributed by atoms with Crippen molar-refractivity contribution in [3.05, 3.63) is 60.9 Å². The standard InChI is InChI=1S/C14H11FN4/c15-12-8-17-6-5-14(12)19-9-10(7-18-19)11-3-1-2-4-13(11)16/h1-9H,16H2. The molecule has 0 atom stereocenters. The number of hydrogen-bond donors (Lipinski definition) is 1. The molecule has 4 nitrogen and oxygen atoms in total. The maximum absolute atomic E-state index is 13.6. The van der Waals surface area contributed by atoms with Crippen LogP contribution in [0.25, 0.3) is 16.8 Å². The summed E-state index contributed by atoms with van der Waals surface area (Å²) in [6.07, 6.45) is 6.08. The molecule has 0 aliphatic carbocycles. The largest absolute Gasteiger partial charge is 0.398 e. The van der Waals surface area contributed by atoms with E-state index in [2.05, 4.69) is 10.1 Å². The Bertz CT molecular complexity index is 661. The monoisotopic (exact) mass is 254 g/mol. The van der Waals surface area contributed by atoms with Crippen molar-refractivity contribution in [2.75, 3.05) is 5.73 Å². The van der Waals surface area contributed by atoms with Gasteiger partial charge in [0.15, 0.2) is 5.82 Å². The molecule has 3 aromatic rings. The SMILES string of the molecule is Nc1ccccc1-c1cnn(-c2ccncc2F)c1. The third kappa shape index (κ3) is 2.06. The van der Waals surface area contributed by atoms with Crippen LogP contribution in [0.2, 0.25) is 0 Å². The average Bonchev–Trinajstić information content (AvgIpc) is 2.89. The van der Waals surface area contributed by atoms with Crippen LogP contribution in [0.5, 0.6) is 0 Å². The lowest BCUT2D eigenvalue weighted by Crippen LogP contribution is -1.98. The van der Waals surface area contributed by atoms with Crippen LogP contribution in [-0.4, -0.2) is 14.8 Å². The van der Waals surface area contributed by atoms with Crippen molar-refractivity contribution in [3.8, 4) is 16.8 Å². The van der Waals surface area contributed by atoms with Crippen molar-refractivity contribution in [2.45, 2.75) is 0 Å². The van der Waals surface area contributed by atoms with Crippen LogP contribution in [0.4, 0.5) is 10.1 Å². The number of benzene rings is 1. The minimum Gasteiger partial charge on any atom is -0.398 e. The Kier molecular flexibility index (Phi) is 2.72. The van der Waals surface area contributed by atoms with Gasteiger partial charge >= 0.3 is 0 Å². The van der Waals surface area contributed by atoms with Gasteiger partial charge in [-0.2, -0.15) is 5.10 Å². The highest BCUT2D eigenvalue weighted by Gasteiger charge is 2.08. The second-order valence-electron chi connectivity index (χ2n) is 4.09. The molecule has 94 valence electrons. The molecule has 3 rings (SSSR count). The van der Waals surface area contributed by atoms with Crippen molar-refractivity contribution >= 4 is 5.69 Å². The Hall–Kier alpha value is -2.69. The Labute approximate surface area is 109 Å². The molecule has 0 amide bonds. The summed E-state index contributed by atoms with van der Waals surface area (Å²) in [5.41, 5.74) is 8.65. The van der Waals surface area contributed by atoms with Crippen LogP contribution in [-0.2, 0) is 0 Å². The Balaban J connectivity index is 2.06. The fraction of sp³-hybridized carbons (Fsp3) is 0. The predicted octanol–water partition coefficient (Wildman–Crippen LogP) is 2.66. The van der Waals surface area contributed by atoms with Crippen molar-refractivity contribution < 1.29 is 4.39 Å². The van der Waals surface area contributed by atoms with Crippen LogP contribution in [0, 0.1) is 5.82 Å². The summed E-state index contributed by atoms with van der Waals surface area (Å²) in [4.78, 5) is 3.71. The normalized spacial score (nSPS) is 10.6. The minimum absolute atomic E-state index is 0.357. The van der Waals surface area contributed by atoms with Gasteiger partial charge in [-0.1, -0.05) is 18.2 Å². The number of hydrogen-bond acceptors (Lipinski definition) is 3. The number of para-hydroxylation sites is 1.